The van der Waals surface area contributed by atoms with Gasteiger partial charge in [-0.05, 0) is 36.6 Å². The van der Waals surface area contributed by atoms with Crippen LogP contribution in [0.2, 0.25) is 0 Å². The molecule has 3 rings (SSSR count). The van der Waals surface area contributed by atoms with Gasteiger partial charge in [0.05, 0.1) is 0 Å². The minimum absolute atomic E-state index is 0.00123. The molecule has 1 aliphatic rings. The summed E-state index contributed by atoms with van der Waals surface area (Å²) in [5.41, 5.74) is 2.28. The summed E-state index contributed by atoms with van der Waals surface area (Å²) < 4.78 is 0. The first-order chi connectivity index (χ1) is 14.7. The van der Waals surface area contributed by atoms with Crippen LogP contribution in [0.4, 0.5) is 4.79 Å². The lowest BCUT2D eigenvalue weighted by atomic mass is 10.00. The van der Waals surface area contributed by atoms with Crippen molar-refractivity contribution in [1.29, 1.82) is 0 Å². The Morgan fingerprint density at radius 2 is 1.90 bits per heavy atom. The molecule has 0 bridgehead atoms. The van der Waals surface area contributed by atoms with Gasteiger partial charge in [-0.15, -0.1) is 0 Å². The van der Waals surface area contributed by atoms with Gasteiger partial charge in [0, 0.05) is 64.1 Å². The van der Waals surface area contributed by atoms with Crippen LogP contribution in [0.1, 0.15) is 36.9 Å². The number of hydrogen-bond donors (Lipinski definition) is 2. The van der Waals surface area contributed by atoms with Crippen LogP contribution in [0.3, 0.4) is 0 Å². The van der Waals surface area contributed by atoms with Crippen LogP contribution in [0.5, 0.6) is 0 Å². The molecule has 0 saturated carbocycles. The molecule has 7 heteroatoms. The van der Waals surface area contributed by atoms with Crippen molar-refractivity contribution in [3.63, 3.8) is 0 Å². The van der Waals surface area contributed by atoms with Crippen molar-refractivity contribution in [3.05, 3.63) is 66.0 Å². The maximum atomic E-state index is 12.7. The zero-order valence-corrected chi connectivity index (χ0v) is 17.6. The molecule has 0 spiro atoms. The Morgan fingerprint density at radius 1 is 1.13 bits per heavy atom. The molecule has 2 N–H and O–H groups in total. The molecule has 1 unspecified atom stereocenters. The second-order valence-electron chi connectivity index (χ2n) is 7.48. The molecule has 1 aliphatic heterocycles. The Balaban J connectivity index is 1.84. The Kier molecular flexibility index (Phi) is 8.20. The van der Waals surface area contributed by atoms with E-state index in [1.54, 1.807) is 17.3 Å². The number of nitrogens with one attached hydrogen (secondary N) is 2. The average Bonchev–Trinajstić information content (AvgIpc) is 2.80. The number of aromatic nitrogens is 1. The summed E-state index contributed by atoms with van der Waals surface area (Å²) in [7, 11) is 0. The minimum atomic E-state index is -0.0775. The van der Waals surface area contributed by atoms with Crippen LogP contribution in [-0.2, 0) is 11.3 Å². The highest BCUT2D eigenvalue weighted by Gasteiger charge is 2.25. The molecule has 1 aromatic carbocycles. The molecular formula is C23H31N5O2. The van der Waals surface area contributed by atoms with E-state index in [4.69, 9.17) is 0 Å². The topological polar surface area (TPSA) is 77.6 Å². The number of hydrogen-bond acceptors (Lipinski definition) is 4. The Bertz CT molecular complexity index is 800. The van der Waals surface area contributed by atoms with Crippen LogP contribution in [0, 0.1) is 0 Å². The minimum Gasteiger partial charge on any atom is -0.354 e. The molecule has 0 aliphatic carbocycles. The number of carbonyl (C=O) groups is 2. The van der Waals surface area contributed by atoms with Crippen LogP contribution in [0.25, 0.3) is 0 Å². The number of amides is 3. The Hall–Kier alpha value is -2.93. The number of benzene rings is 1. The number of carbonyl (C=O) groups excluding carboxylic acids is 2. The van der Waals surface area contributed by atoms with Gasteiger partial charge in [-0.25, -0.2) is 4.79 Å². The van der Waals surface area contributed by atoms with Gasteiger partial charge in [0.15, 0.2) is 0 Å². The van der Waals surface area contributed by atoms with E-state index in [1.165, 1.54) is 0 Å². The third-order valence-corrected chi connectivity index (χ3v) is 5.33. The first kappa shape index (κ1) is 21.8. The van der Waals surface area contributed by atoms with Crippen molar-refractivity contribution in [3.8, 4) is 0 Å². The van der Waals surface area contributed by atoms with Crippen molar-refractivity contribution in [1.82, 2.24) is 25.4 Å². The summed E-state index contributed by atoms with van der Waals surface area (Å²) in [6.45, 7) is 5.62. The maximum absolute atomic E-state index is 12.7. The van der Waals surface area contributed by atoms with Crippen LogP contribution in [0.15, 0.2) is 54.9 Å². The highest BCUT2D eigenvalue weighted by molar-refractivity contribution is 5.77. The first-order valence-electron chi connectivity index (χ1n) is 10.6. The predicted octanol–water partition coefficient (Wildman–Crippen LogP) is 2.57. The van der Waals surface area contributed by atoms with Crippen LogP contribution in [-0.4, -0.2) is 59.4 Å². The fourth-order valence-corrected chi connectivity index (χ4v) is 3.82. The smallest absolute Gasteiger partial charge is 0.317 e. The van der Waals surface area contributed by atoms with E-state index in [0.717, 1.165) is 30.6 Å². The lowest BCUT2D eigenvalue weighted by molar-refractivity contribution is -0.122. The van der Waals surface area contributed by atoms with Gasteiger partial charge in [0.25, 0.3) is 0 Å². The lowest BCUT2D eigenvalue weighted by Crippen LogP contribution is -2.44. The second kappa shape index (κ2) is 11.3. The van der Waals surface area contributed by atoms with Crippen molar-refractivity contribution in [2.24, 2.45) is 0 Å². The summed E-state index contributed by atoms with van der Waals surface area (Å²) in [6, 6.07) is 14.1. The monoisotopic (exact) mass is 409 g/mol. The summed E-state index contributed by atoms with van der Waals surface area (Å²) >= 11 is 0. The lowest BCUT2D eigenvalue weighted by Gasteiger charge is -2.32. The van der Waals surface area contributed by atoms with E-state index in [9.17, 15) is 9.59 Å². The van der Waals surface area contributed by atoms with Gasteiger partial charge >= 0.3 is 6.03 Å². The maximum Gasteiger partial charge on any atom is 0.317 e. The molecule has 7 nitrogen and oxygen atoms in total. The summed E-state index contributed by atoms with van der Waals surface area (Å²) in [5.74, 6) is 0.00123. The van der Waals surface area contributed by atoms with Gasteiger partial charge < -0.3 is 15.5 Å². The standard InChI is InChI=1S/C23H31N5O2/c1-2-25-23(30)27-14-6-15-28(18-19-9-11-24-12-10-19)21(17-22(29)26-13-16-27)20-7-4-3-5-8-20/h3-5,7-12,21H,2,6,13-18H2,1H3,(H,25,30)(H,26,29). The van der Waals surface area contributed by atoms with Crippen molar-refractivity contribution in [2.75, 3.05) is 32.7 Å². The summed E-state index contributed by atoms with van der Waals surface area (Å²) in [6.07, 6.45) is 4.81. The Morgan fingerprint density at radius 3 is 2.63 bits per heavy atom. The SMILES string of the molecule is CCNC(=O)N1CCCN(Cc2ccncc2)C(c2ccccc2)CC(=O)NCC1. The van der Waals surface area contributed by atoms with E-state index < -0.39 is 0 Å². The van der Waals surface area contributed by atoms with E-state index in [2.05, 4.69) is 32.7 Å². The molecule has 1 atom stereocenters. The number of nitrogens with zero attached hydrogens (tertiary/aromatic N) is 3. The van der Waals surface area contributed by atoms with E-state index in [-0.39, 0.29) is 18.0 Å². The number of urea groups is 1. The molecule has 0 radical (unpaired) electrons. The molecule has 1 aromatic heterocycles. The van der Waals surface area contributed by atoms with Gasteiger partial charge in [-0.2, -0.15) is 0 Å². The van der Waals surface area contributed by atoms with Crippen molar-refractivity contribution in [2.45, 2.75) is 32.4 Å². The molecule has 30 heavy (non-hydrogen) atoms. The van der Waals surface area contributed by atoms with E-state index in [1.807, 2.05) is 37.3 Å². The zero-order valence-electron chi connectivity index (χ0n) is 17.6. The zero-order chi connectivity index (χ0) is 21.2. The predicted molar refractivity (Wildman–Crippen MR) is 117 cm³/mol. The van der Waals surface area contributed by atoms with Gasteiger partial charge in [0.2, 0.25) is 5.91 Å². The molecule has 3 amide bonds. The second-order valence-corrected chi connectivity index (χ2v) is 7.48. The molecule has 1 saturated heterocycles. The summed E-state index contributed by atoms with van der Waals surface area (Å²) in [5, 5.41) is 5.86. The molecule has 2 heterocycles. The average molecular weight is 410 g/mol. The third-order valence-electron chi connectivity index (χ3n) is 5.33. The normalized spacial score (nSPS) is 18.9. The highest BCUT2D eigenvalue weighted by Crippen LogP contribution is 2.27. The largest absolute Gasteiger partial charge is 0.354 e. The third kappa shape index (κ3) is 6.29. The summed E-state index contributed by atoms with van der Waals surface area (Å²) in [4.78, 5) is 33.3. The quantitative estimate of drug-likeness (QED) is 0.814. The van der Waals surface area contributed by atoms with Gasteiger partial charge in [-0.1, -0.05) is 30.3 Å². The molecular weight excluding hydrogens is 378 g/mol. The van der Waals surface area contributed by atoms with Crippen molar-refractivity contribution >= 4 is 11.9 Å². The van der Waals surface area contributed by atoms with E-state index >= 15 is 0 Å². The molecule has 1 fully saturated rings. The molecule has 2 aromatic rings. The Labute approximate surface area is 178 Å². The number of pyridine rings is 1. The van der Waals surface area contributed by atoms with Crippen LogP contribution >= 0.6 is 0 Å². The van der Waals surface area contributed by atoms with Crippen molar-refractivity contribution < 1.29 is 9.59 Å². The molecule has 160 valence electrons. The van der Waals surface area contributed by atoms with Crippen LogP contribution < -0.4 is 10.6 Å². The van der Waals surface area contributed by atoms with E-state index in [0.29, 0.717) is 32.6 Å². The highest BCUT2D eigenvalue weighted by atomic mass is 16.2. The van der Waals surface area contributed by atoms with Gasteiger partial charge in [-0.3, -0.25) is 14.7 Å². The fraction of sp³-hybridized carbons (Fsp3) is 0.435. The number of rotatable bonds is 4. The van der Waals surface area contributed by atoms with Gasteiger partial charge in [0.1, 0.15) is 0 Å². The fourth-order valence-electron chi connectivity index (χ4n) is 3.82. The first-order valence-corrected chi connectivity index (χ1v) is 10.6.